The first-order valence-corrected chi connectivity index (χ1v) is 7.49. The number of carbonyl (C=O) groups is 1. The predicted molar refractivity (Wildman–Crippen MR) is 62.7 cm³/mol. The lowest BCUT2D eigenvalue weighted by Crippen LogP contribution is -2.44. The molecule has 1 atom stereocenters. The van der Waals surface area contributed by atoms with Crippen LogP contribution in [0.1, 0.15) is 19.8 Å². The molecule has 1 aliphatic rings. The third-order valence-corrected chi connectivity index (χ3v) is 4.68. The van der Waals surface area contributed by atoms with E-state index in [1.54, 1.807) is 4.90 Å². The molecule has 0 radical (unpaired) electrons. The van der Waals surface area contributed by atoms with Crippen molar-refractivity contribution in [2.45, 2.75) is 19.8 Å². The Morgan fingerprint density at radius 1 is 1.38 bits per heavy atom. The van der Waals surface area contributed by atoms with Crippen LogP contribution in [0.25, 0.3) is 0 Å². The summed E-state index contributed by atoms with van der Waals surface area (Å²) in [6.07, 6.45) is 1.32. The molecule has 0 aromatic rings. The molecule has 1 heterocycles. The first kappa shape index (κ1) is 13.4. The van der Waals surface area contributed by atoms with Crippen LogP contribution in [0.5, 0.6) is 0 Å². The summed E-state index contributed by atoms with van der Waals surface area (Å²) in [5.74, 6) is 0.439. The molecule has 0 aromatic heterocycles. The van der Waals surface area contributed by atoms with Gasteiger partial charge in [-0.2, -0.15) is 0 Å². The van der Waals surface area contributed by atoms with Crippen LogP contribution in [0.2, 0.25) is 0 Å². The van der Waals surface area contributed by atoms with Crippen LogP contribution in [-0.2, 0) is 14.6 Å². The van der Waals surface area contributed by atoms with Gasteiger partial charge in [-0.25, -0.2) is 8.42 Å². The number of amides is 1. The Labute approximate surface area is 96.9 Å². The molecule has 6 heteroatoms. The number of hydrogen-bond acceptors (Lipinski definition) is 4. The molecule has 1 rings (SSSR count). The molecule has 16 heavy (non-hydrogen) atoms. The molecular formula is C10H20N2O3S. The molecule has 94 valence electrons. The van der Waals surface area contributed by atoms with Gasteiger partial charge in [-0.15, -0.1) is 0 Å². The molecule has 1 fully saturated rings. The average molecular weight is 248 g/mol. The van der Waals surface area contributed by atoms with Crippen LogP contribution < -0.4 is 5.73 Å². The topological polar surface area (TPSA) is 80.5 Å². The molecular weight excluding hydrogens is 228 g/mol. The summed E-state index contributed by atoms with van der Waals surface area (Å²) in [5, 5.41) is 0. The van der Waals surface area contributed by atoms with E-state index in [0.29, 0.717) is 26.1 Å². The van der Waals surface area contributed by atoms with E-state index in [1.807, 2.05) is 6.92 Å². The first-order valence-electron chi connectivity index (χ1n) is 5.66. The Morgan fingerprint density at radius 3 is 2.38 bits per heavy atom. The lowest BCUT2D eigenvalue weighted by molar-refractivity contribution is -0.131. The van der Waals surface area contributed by atoms with Crippen molar-refractivity contribution >= 4 is 15.7 Å². The Hall–Kier alpha value is -0.620. The summed E-state index contributed by atoms with van der Waals surface area (Å²) in [7, 11) is -2.91. The van der Waals surface area contributed by atoms with E-state index in [0.717, 1.165) is 6.42 Å². The second kappa shape index (κ2) is 5.63. The summed E-state index contributed by atoms with van der Waals surface area (Å²) in [5.41, 5.74) is 5.54. The highest BCUT2D eigenvalue weighted by Gasteiger charge is 2.25. The maximum Gasteiger partial charge on any atom is 0.222 e. The average Bonchev–Trinajstić information content (AvgIpc) is 2.25. The SMILES string of the molecule is CCC(CN)CC(=O)N1CCS(=O)(=O)CC1. The lowest BCUT2D eigenvalue weighted by atomic mass is 10.0. The number of nitrogens with two attached hydrogens (primary N) is 1. The quantitative estimate of drug-likeness (QED) is 0.735. The molecule has 1 amide bonds. The zero-order chi connectivity index (χ0) is 12.2. The van der Waals surface area contributed by atoms with Gasteiger partial charge in [-0.1, -0.05) is 13.3 Å². The molecule has 0 aromatic carbocycles. The normalized spacial score (nSPS) is 21.8. The highest BCUT2D eigenvalue weighted by molar-refractivity contribution is 7.91. The van der Waals surface area contributed by atoms with Crippen molar-refractivity contribution in [2.24, 2.45) is 11.7 Å². The molecule has 5 nitrogen and oxygen atoms in total. The Bertz CT molecular complexity index is 322. The van der Waals surface area contributed by atoms with Gasteiger partial charge in [0, 0.05) is 19.5 Å². The minimum Gasteiger partial charge on any atom is -0.341 e. The number of hydrogen-bond donors (Lipinski definition) is 1. The third-order valence-electron chi connectivity index (χ3n) is 3.07. The van der Waals surface area contributed by atoms with Crippen molar-refractivity contribution < 1.29 is 13.2 Å². The van der Waals surface area contributed by atoms with Gasteiger partial charge in [0.15, 0.2) is 9.84 Å². The van der Waals surface area contributed by atoms with E-state index in [1.165, 1.54) is 0 Å². The maximum atomic E-state index is 11.8. The summed E-state index contributed by atoms with van der Waals surface area (Å²) >= 11 is 0. The van der Waals surface area contributed by atoms with Crippen LogP contribution in [0.4, 0.5) is 0 Å². The Balaban J connectivity index is 2.44. The monoisotopic (exact) mass is 248 g/mol. The van der Waals surface area contributed by atoms with Crippen molar-refractivity contribution in [3.05, 3.63) is 0 Å². The molecule has 0 spiro atoms. The number of nitrogens with zero attached hydrogens (tertiary/aromatic N) is 1. The summed E-state index contributed by atoms with van der Waals surface area (Å²) in [6.45, 7) is 3.18. The van der Waals surface area contributed by atoms with E-state index < -0.39 is 9.84 Å². The van der Waals surface area contributed by atoms with E-state index in [2.05, 4.69) is 0 Å². The van der Waals surface area contributed by atoms with Crippen molar-refractivity contribution in [3.8, 4) is 0 Å². The van der Waals surface area contributed by atoms with Gasteiger partial charge in [0.05, 0.1) is 11.5 Å². The molecule has 0 aliphatic carbocycles. The fourth-order valence-electron chi connectivity index (χ4n) is 1.73. The van der Waals surface area contributed by atoms with Crippen LogP contribution in [0, 0.1) is 5.92 Å². The first-order chi connectivity index (χ1) is 7.48. The number of carbonyl (C=O) groups excluding carboxylic acids is 1. The van der Waals surface area contributed by atoms with Gasteiger partial charge in [0.1, 0.15) is 0 Å². The number of sulfone groups is 1. The summed E-state index contributed by atoms with van der Waals surface area (Å²) in [4.78, 5) is 13.5. The molecule has 0 bridgehead atoms. The van der Waals surface area contributed by atoms with E-state index in [-0.39, 0.29) is 23.3 Å². The minimum atomic E-state index is -2.91. The van der Waals surface area contributed by atoms with Crippen molar-refractivity contribution in [1.82, 2.24) is 4.90 Å². The van der Waals surface area contributed by atoms with E-state index in [4.69, 9.17) is 5.73 Å². The van der Waals surface area contributed by atoms with Crippen LogP contribution in [-0.4, -0.2) is 50.4 Å². The van der Waals surface area contributed by atoms with Crippen molar-refractivity contribution in [2.75, 3.05) is 31.1 Å². The standard InChI is InChI=1S/C10H20N2O3S/c1-2-9(8-11)7-10(13)12-3-5-16(14,15)6-4-12/h9H,2-8,11H2,1H3. The van der Waals surface area contributed by atoms with E-state index in [9.17, 15) is 13.2 Å². The van der Waals surface area contributed by atoms with Gasteiger partial charge >= 0.3 is 0 Å². The lowest BCUT2D eigenvalue weighted by Gasteiger charge is -2.28. The van der Waals surface area contributed by atoms with Gasteiger partial charge in [-0.05, 0) is 12.5 Å². The van der Waals surface area contributed by atoms with Gasteiger partial charge in [0.25, 0.3) is 0 Å². The highest BCUT2D eigenvalue weighted by Crippen LogP contribution is 2.11. The zero-order valence-corrected chi connectivity index (χ0v) is 10.5. The summed E-state index contributed by atoms with van der Waals surface area (Å²) < 4.78 is 22.4. The molecule has 1 unspecified atom stereocenters. The second-order valence-electron chi connectivity index (χ2n) is 4.25. The smallest absolute Gasteiger partial charge is 0.222 e. The summed E-state index contributed by atoms with van der Waals surface area (Å²) in [6, 6.07) is 0. The molecule has 1 aliphatic heterocycles. The molecule has 0 saturated carbocycles. The fraction of sp³-hybridized carbons (Fsp3) is 0.900. The third kappa shape index (κ3) is 3.75. The van der Waals surface area contributed by atoms with Crippen LogP contribution in [0.3, 0.4) is 0 Å². The van der Waals surface area contributed by atoms with E-state index >= 15 is 0 Å². The molecule has 2 N–H and O–H groups in total. The Kier molecular flexibility index (Phi) is 4.73. The van der Waals surface area contributed by atoms with Crippen LogP contribution in [0.15, 0.2) is 0 Å². The highest BCUT2D eigenvalue weighted by atomic mass is 32.2. The van der Waals surface area contributed by atoms with Crippen molar-refractivity contribution in [3.63, 3.8) is 0 Å². The minimum absolute atomic E-state index is 0.0344. The molecule has 1 saturated heterocycles. The Morgan fingerprint density at radius 2 is 1.94 bits per heavy atom. The maximum absolute atomic E-state index is 11.8. The second-order valence-corrected chi connectivity index (χ2v) is 6.55. The zero-order valence-electron chi connectivity index (χ0n) is 9.68. The van der Waals surface area contributed by atoms with Crippen LogP contribution >= 0.6 is 0 Å². The van der Waals surface area contributed by atoms with Gasteiger partial charge in [0.2, 0.25) is 5.91 Å². The van der Waals surface area contributed by atoms with Crippen molar-refractivity contribution in [1.29, 1.82) is 0 Å². The van der Waals surface area contributed by atoms with Gasteiger partial charge < -0.3 is 10.6 Å². The van der Waals surface area contributed by atoms with Gasteiger partial charge in [-0.3, -0.25) is 4.79 Å². The fourth-order valence-corrected chi connectivity index (χ4v) is 2.93. The predicted octanol–water partition coefficient (Wildman–Crippen LogP) is -0.382. The largest absolute Gasteiger partial charge is 0.341 e. The number of rotatable bonds is 4.